The minimum absolute atomic E-state index is 0.0447. The van der Waals surface area contributed by atoms with E-state index in [2.05, 4.69) is 21.4 Å². The predicted octanol–water partition coefficient (Wildman–Crippen LogP) is 3.85. The number of hydrogen-bond donors (Lipinski definition) is 2. The first-order chi connectivity index (χ1) is 17.3. The lowest BCUT2D eigenvalue weighted by Crippen LogP contribution is -2.44. The highest BCUT2D eigenvalue weighted by Crippen LogP contribution is 2.33. The molecule has 7 nitrogen and oxygen atoms in total. The Morgan fingerprint density at radius 3 is 2.44 bits per heavy atom. The summed E-state index contributed by atoms with van der Waals surface area (Å²) in [4.78, 5) is 22.0. The molecule has 0 aliphatic carbocycles. The second kappa shape index (κ2) is 10.7. The Morgan fingerprint density at radius 1 is 1.11 bits per heavy atom. The first-order valence-electron chi connectivity index (χ1n) is 11.5. The van der Waals surface area contributed by atoms with Gasteiger partial charge in [0.25, 0.3) is 0 Å². The molecule has 2 aromatic carbocycles. The van der Waals surface area contributed by atoms with Crippen LogP contribution in [0.4, 0.5) is 19.0 Å². The van der Waals surface area contributed by atoms with E-state index >= 15 is 0 Å². The second-order valence-electron chi connectivity index (χ2n) is 8.49. The number of carbonyl (C=O) groups is 1. The maximum Gasteiger partial charge on any atom is 0.451 e. The van der Waals surface area contributed by atoms with E-state index in [0.29, 0.717) is 49.0 Å². The van der Waals surface area contributed by atoms with Crippen molar-refractivity contribution in [2.45, 2.75) is 38.1 Å². The molecule has 1 aromatic heterocycles. The summed E-state index contributed by atoms with van der Waals surface area (Å²) < 4.78 is 40.9. The van der Waals surface area contributed by atoms with Gasteiger partial charge in [-0.2, -0.15) is 18.4 Å². The van der Waals surface area contributed by atoms with E-state index in [-0.39, 0.29) is 24.0 Å². The topological polar surface area (TPSA) is 102 Å². The predicted molar refractivity (Wildman–Crippen MR) is 127 cm³/mol. The van der Waals surface area contributed by atoms with E-state index in [4.69, 9.17) is 5.26 Å². The van der Waals surface area contributed by atoms with E-state index in [0.717, 1.165) is 5.56 Å². The van der Waals surface area contributed by atoms with Crippen LogP contribution in [0.25, 0.3) is 11.3 Å². The highest BCUT2D eigenvalue weighted by molar-refractivity contribution is 5.85. The number of anilines is 1. The molecule has 4 rings (SSSR count). The summed E-state index contributed by atoms with van der Waals surface area (Å²) in [5.41, 5.74) is 2.67. The van der Waals surface area contributed by atoms with Gasteiger partial charge >= 0.3 is 6.18 Å². The van der Waals surface area contributed by atoms with E-state index in [1.165, 1.54) is 6.07 Å². The Balaban J connectivity index is 1.52. The number of aliphatic hydroxyl groups excluding tert-OH is 1. The first kappa shape index (κ1) is 25.1. The lowest BCUT2D eigenvalue weighted by Gasteiger charge is -2.26. The molecule has 1 aliphatic rings. The summed E-state index contributed by atoms with van der Waals surface area (Å²) in [5, 5.41) is 21.0. The number of aliphatic hydroxyl groups is 1. The van der Waals surface area contributed by atoms with Crippen molar-refractivity contribution in [2.75, 3.05) is 18.0 Å². The van der Waals surface area contributed by atoms with Gasteiger partial charge in [-0.1, -0.05) is 36.4 Å². The molecule has 0 unspecified atom stereocenters. The van der Waals surface area contributed by atoms with Gasteiger partial charge < -0.3 is 15.3 Å². The molecule has 1 saturated heterocycles. The minimum atomic E-state index is -4.76. The van der Waals surface area contributed by atoms with Crippen molar-refractivity contribution in [1.82, 2.24) is 15.3 Å². The smallest absolute Gasteiger partial charge is 0.392 e. The number of rotatable bonds is 7. The van der Waals surface area contributed by atoms with E-state index < -0.39 is 18.0 Å². The molecule has 10 heteroatoms. The molecule has 1 fully saturated rings. The third kappa shape index (κ3) is 5.80. The van der Waals surface area contributed by atoms with Gasteiger partial charge in [0, 0.05) is 24.7 Å². The van der Waals surface area contributed by atoms with Crippen LogP contribution in [0.2, 0.25) is 0 Å². The highest BCUT2D eigenvalue weighted by Gasteiger charge is 2.38. The number of hydrogen-bond acceptors (Lipinski definition) is 6. The van der Waals surface area contributed by atoms with Crippen molar-refractivity contribution in [3.8, 4) is 17.3 Å². The Hall–Kier alpha value is -3.97. The zero-order chi connectivity index (χ0) is 25.7. The third-order valence-electron chi connectivity index (χ3n) is 6.04. The van der Waals surface area contributed by atoms with Crippen LogP contribution in [0.1, 0.15) is 35.4 Å². The number of alkyl halides is 3. The summed E-state index contributed by atoms with van der Waals surface area (Å²) in [6.45, 7) is 0.568. The zero-order valence-electron chi connectivity index (χ0n) is 19.3. The van der Waals surface area contributed by atoms with Crippen LogP contribution in [0.15, 0.2) is 54.6 Å². The van der Waals surface area contributed by atoms with Crippen LogP contribution in [-0.2, 0) is 24.0 Å². The number of aromatic nitrogens is 2. The summed E-state index contributed by atoms with van der Waals surface area (Å²) in [7, 11) is 0. The fraction of sp³-hybridized carbons (Fsp3) is 0.308. The monoisotopic (exact) mass is 495 g/mol. The number of halogens is 3. The number of nitrogens with one attached hydrogen (secondary N) is 1. The van der Waals surface area contributed by atoms with Crippen LogP contribution in [0.3, 0.4) is 0 Å². The Morgan fingerprint density at radius 2 is 1.81 bits per heavy atom. The first-order valence-corrected chi connectivity index (χ1v) is 11.5. The average molecular weight is 496 g/mol. The fourth-order valence-corrected chi connectivity index (χ4v) is 4.14. The summed E-state index contributed by atoms with van der Waals surface area (Å²) in [6, 6.07) is 16.3. The van der Waals surface area contributed by atoms with Crippen molar-refractivity contribution in [2.24, 2.45) is 0 Å². The van der Waals surface area contributed by atoms with Gasteiger partial charge in [-0.3, -0.25) is 4.79 Å². The SMILES string of the molecule is N#Cc1ccc(CCNC(=O)[C@@H]2CCCN2c2cc(-c3ccc(CO)cc3)nc(C(F)(F)F)n2)cc1. The van der Waals surface area contributed by atoms with Crippen molar-refractivity contribution >= 4 is 11.7 Å². The van der Waals surface area contributed by atoms with Crippen molar-refractivity contribution in [3.05, 3.63) is 77.1 Å². The number of benzene rings is 2. The fourth-order valence-electron chi connectivity index (χ4n) is 4.14. The van der Waals surface area contributed by atoms with Gasteiger partial charge in [0.2, 0.25) is 11.7 Å². The van der Waals surface area contributed by atoms with Gasteiger partial charge in [0.1, 0.15) is 11.9 Å². The van der Waals surface area contributed by atoms with Crippen molar-refractivity contribution in [3.63, 3.8) is 0 Å². The molecule has 1 amide bonds. The normalized spacial score (nSPS) is 15.5. The van der Waals surface area contributed by atoms with Crippen LogP contribution in [0.5, 0.6) is 0 Å². The van der Waals surface area contributed by atoms with Crippen LogP contribution < -0.4 is 10.2 Å². The third-order valence-corrected chi connectivity index (χ3v) is 6.04. The molecule has 0 saturated carbocycles. The molecule has 3 aromatic rings. The molecule has 186 valence electrons. The van der Waals surface area contributed by atoms with Crippen molar-refractivity contribution < 1.29 is 23.1 Å². The van der Waals surface area contributed by atoms with Crippen LogP contribution in [-0.4, -0.2) is 40.1 Å². The molecule has 0 radical (unpaired) electrons. The molecule has 0 spiro atoms. The molecular formula is C26H24F3N5O2. The summed E-state index contributed by atoms with van der Waals surface area (Å²) in [6.07, 6.45) is -3.06. The molecule has 0 bridgehead atoms. The number of carbonyl (C=O) groups excluding carboxylic acids is 1. The molecule has 2 N–H and O–H groups in total. The lowest BCUT2D eigenvalue weighted by atomic mass is 10.1. The Labute approximate surface area is 206 Å². The Kier molecular flexibility index (Phi) is 7.50. The standard InChI is InChI=1S/C26H24F3N5O2/c27-26(28,29)25-32-21(20-9-7-19(16-35)8-10-20)14-23(33-25)34-13-1-2-22(34)24(36)31-12-11-17-3-5-18(15-30)6-4-17/h3-10,14,22,35H,1-2,11-13,16H2,(H,31,36)/t22-/m0/s1. The number of nitrogens with zero attached hydrogens (tertiary/aromatic N) is 4. The Bertz CT molecular complexity index is 1250. The van der Waals surface area contributed by atoms with Crippen LogP contribution in [0, 0.1) is 11.3 Å². The largest absolute Gasteiger partial charge is 0.451 e. The minimum Gasteiger partial charge on any atom is -0.392 e. The van der Waals surface area contributed by atoms with Gasteiger partial charge in [0.15, 0.2) is 0 Å². The molecule has 2 heterocycles. The van der Waals surface area contributed by atoms with Gasteiger partial charge in [-0.25, -0.2) is 9.97 Å². The average Bonchev–Trinajstić information content (AvgIpc) is 3.39. The second-order valence-corrected chi connectivity index (χ2v) is 8.49. The van der Waals surface area contributed by atoms with E-state index in [1.54, 1.807) is 41.3 Å². The lowest BCUT2D eigenvalue weighted by molar-refractivity contribution is -0.144. The van der Waals surface area contributed by atoms with Crippen LogP contribution >= 0.6 is 0 Å². The molecular weight excluding hydrogens is 471 g/mol. The highest BCUT2D eigenvalue weighted by atomic mass is 19.4. The molecule has 36 heavy (non-hydrogen) atoms. The molecule has 1 aliphatic heterocycles. The van der Waals surface area contributed by atoms with Crippen molar-refractivity contribution in [1.29, 1.82) is 5.26 Å². The van der Waals surface area contributed by atoms with E-state index in [9.17, 15) is 23.1 Å². The maximum atomic E-state index is 13.6. The number of nitriles is 1. The summed E-state index contributed by atoms with van der Waals surface area (Å²) >= 11 is 0. The zero-order valence-corrected chi connectivity index (χ0v) is 19.3. The van der Waals surface area contributed by atoms with Gasteiger partial charge in [-0.05, 0) is 42.5 Å². The maximum absolute atomic E-state index is 13.6. The van der Waals surface area contributed by atoms with Gasteiger partial charge in [0.05, 0.1) is 23.9 Å². The molecule has 1 atom stereocenters. The van der Waals surface area contributed by atoms with E-state index in [1.807, 2.05) is 12.1 Å². The quantitative estimate of drug-likeness (QED) is 0.516. The van der Waals surface area contributed by atoms with Gasteiger partial charge in [-0.15, -0.1) is 0 Å². The number of amides is 1. The summed E-state index contributed by atoms with van der Waals surface area (Å²) in [5.74, 6) is -1.50.